The molecule has 0 saturated carbocycles. The van der Waals surface area contributed by atoms with Gasteiger partial charge >= 0.3 is 0 Å². The lowest BCUT2D eigenvalue weighted by molar-refractivity contribution is 0.0999. The minimum Gasteiger partial charge on any atom is -0.365 e. The number of nitrogens with one attached hydrogen (secondary N) is 1. The Hall–Kier alpha value is -2.10. The molecule has 3 N–H and O–H groups in total. The highest BCUT2D eigenvalue weighted by Gasteiger charge is 2.07. The number of carbonyl (C=O) groups excluding carboxylic acids is 1. The number of primary amides is 1. The number of aromatic nitrogens is 1. The van der Waals surface area contributed by atoms with Gasteiger partial charge in [0.1, 0.15) is 5.56 Å². The molecule has 1 amide bonds. The normalized spacial score (nSPS) is 10.6. The van der Waals surface area contributed by atoms with Gasteiger partial charge in [-0.3, -0.25) is 9.59 Å². The van der Waals surface area contributed by atoms with Crippen molar-refractivity contribution in [3.05, 3.63) is 45.7 Å². The fourth-order valence-corrected chi connectivity index (χ4v) is 1.65. The summed E-state index contributed by atoms with van der Waals surface area (Å²) in [7, 11) is 0. The molecule has 16 heavy (non-hydrogen) atoms. The highest BCUT2D eigenvalue weighted by Crippen LogP contribution is 2.13. The van der Waals surface area contributed by atoms with Gasteiger partial charge in [0.15, 0.2) is 0 Å². The zero-order chi connectivity index (χ0) is 11.7. The molecule has 0 radical (unpaired) electrons. The second kappa shape index (κ2) is 3.81. The van der Waals surface area contributed by atoms with E-state index in [1.807, 2.05) is 25.1 Å². The third-order valence-electron chi connectivity index (χ3n) is 2.58. The van der Waals surface area contributed by atoms with Crippen LogP contribution in [0.1, 0.15) is 22.8 Å². The van der Waals surface area contributed by atoms with Crippen molar-refractivity contribution in [3.63, 3.8) is 0 Å². The molecule has 0 unspecified atom stereocenters. The van der Waals surface area contributed by atoms with Crippen molar-refractivity contribution in [3.8, 4) is 0 Å². The second-order valence-corrected chi connectivity index (χ2v) is 3.65. The van der Waals surface area contributed by atoms with Crippen LogP contribution in [0.3, 0.4) is 0 Å². The molecule has 4 nitrogen and oxygen atoms in total. The number of benzene rings is 1. The number of amides is 1. The number of aryl methyl sites for hydroxylation is 1. The van der Waals surface area contributed by atoms with Gasteiger partial charge in [0.25, 0.3) is 11.5 Å². The fraction of sp³-hybridized carbons (Fsp3) is 0.167. The van der Waals surface area contributed by atoms with Gasteiger partial charge in [0, 0.05) is 5.52 Å². The molecule has 1 heterocycles. The first-order valence-electron chi connectivity index (χ1n) is 5.07. The largest absolute Gasteiger partial charge is 0.365 e. The molecule has 2 rings (SSSR count). The van der Waals surface area contributed by atoms with Crippen LogP contribution in [-0.4, -0.2) is 10.9 Å². The number of nitrogens with two attached hydrogens (primary N) is 1. The Bertz CT molecular complexity index is 614. The smallest absolute Gasteiger partial charge is 0.261 e. The van der Waals surface area contributed by atoms with E-state index < -0.39 is 11.5 Å². The molecule has 1 aromatic heterocycles. The zero-order valence-electron chi connectivity index (χ0n) is 8.91. The molecule has 0 spiro atoms. The summed E-state index contributed by atoms with van der Waals surface area (Å²) in [4.78, 5) is 25.2. The van der Waals surface area contributed by atoms with E-state index in [0.717, 1.165) is 22.9 Å². The Morgan fingerprint density at radius 1 is 1.38 bits per heavy atom. The predicted molar refractivity (Wildman–Crippen MR) is 62.5 cm³/mol. The van der Waals surface area contributed by atoms with Gasteiger partial charge in [-0.15, -0.1) is 0 Å². The summed E-state index contributed by atoms with van der Waals surface area (Å²) in [5, 5.41) is 0.811. The summed E-state index contributed by atoms with van der Waals surface area (Å²) in [6.07, 6.45) is 0.898. The number of H-pyrrole nitrogens is 1. The van der Waals surface area contributed by atoms with Crippen molar-refractivity contribution < 1.29 is 4.79 Å². The number of aromatic amines is 1. The van der Waals surface area contributed by atoms with Crippen molar-refractivity contribution in [2.45, 2.75) is 13.3 Å². The topological polar surface area (TPSA) is 76.0 Å². The third-order valence-corrected chi connectivity index (χ3v) is 2.58. The second-order valence-electron chi connectivity index (χ2n) is 3.65. The van der Waals surface area contributed by atoms with Crippen molar-refractivity contribution in [1.29, 1.82) is 0 Å². The van der Waals surface area contributed by atoms with E-state index in [-0.39, 0.29) is 5.56 Å². The van der Waals surface area contributed by atoms with Gasteiger partial charge in [0.05, 0.1) is 0 Å². The standard InChI is InChI=1S/C12H12N2O2/c1-2-7-3-4-8-6-9(11(13)15)12(16)14-10(8)5-7/h3-6H,2H2,1H3,(H2,13,15)(H,14,16). The fourth-order valence-electron chi connectivity index (χ4n) is 1.65. The molecule has 4 heteroatoms. The summed E-state index contributed by atoms with van der Waals surface area (Å²) < 4.78 is 0. The van der Waals surface area contributed by atoms with Crippen LogP contribution in [0.5, 0.6) is 0 Å². The monoisotopic (exact) mass is 216 g/mol. The van der Waals surface area contributed by atoms with Crippen LogP contribution in [-0.2, 0) is 6.42 Å². The Balaban J connectivity index is 2.74. The van der Waals surface area contributed by atoms with Crippen LogP contribution in [0.25, 0.3) is 10.9 Å². The van der Waals surface area contributed by atoms with Crippen molar-refractivity contribution in [1.82, 2.24) is 4.98 Å². The molecule has 0 aliphatic heterocycles. The lowest BCUT2D eigenvalue weighted by Gasteiger charge is -2.02. The van der Waals surface area contributed by atoms with E-state index in [4.69, 9.17) is 5.73 Å². The average molecular weight is 216 g/mol. The maximum Gasteiger partial charge on any atom is 0.261 e. The Morgan fingerprint density at radius 3 is 2.75 bits per heavy atom. The molecule has 2 aromatic rings. The van der Waals surface area contributed by atoms with E-state index in [2.05, 4.69) is 4.98 Å². The molecule has 0 saturated heterocycles. The maximum absolute atomic E-state index is 11.5. The van der Waals surface area contributed by atoms with Gasteiger partial charge in [-0.1, -0.05) is 19.1 Å². The Labute approximate surface area is 92.1 Å². The number of hydrogen-bond donors (Lipinski definition) is 2. The predicted octanol–water partition coefficient (Wildman–Crippen LogP) is 1.19. The van der Waals surface area contributed by atoms with Gasteiger partial charge in [-0.25, -0.2) is 0 Å². The number of hydrogen-bond acceptors (Lipinski definition) is 2. The molecule has 82 valence electrons. The summed E-state index contributed by atoms with van der Waals surface area (Å²) in [5.41, 5.74) is 6.53. The van der Waals surface area contributed by atoms with E-state index in [1.165, 1.54) is 6.07 Å². The van der Waals surface area contributed by atoms with Crippen LogP contribution in [0, 0.1) is 0 Å². The molecule has 0 aliphatic carbocycles. The quantitative estimate of drug-likeness (QED) is 0.791. The van der Waals surface area contributed by atoms with Gasteiger partial charge in [-0.2, -0.15) is 0 Å². The minimum atomic E-state index is -0.706. The number of rotatable bonds is 2. The third kappa shape index (κ3) is 1.69. The van der Waals surface area contributed by atoms with Crippen LogP contribution in [0.4, 0.5) is 0 Å². The van der Waals surface area contributed by atoms with Crippen molar-refractivity contribution in [2.75, 3.05) is 0 Å². The van der Waals surface area contributed by atoms with Crippen LogP contribution in [0.15, 0.2) is 29.1 Å². The molecule has 0 fully saturated rings. The number of fused-ring (bicyclic) bond motifs is 1. The summed E-state index contributed by atoms with van der Waals surface area (Å²) in [6.45, 7) is 2.04. The highest BCUT2D eigenvalue weighted by atomic mass is 16.2. The van der Waals surface area contributed by atoms with Gasteiger partial charge < -0.3 is 10.7 Å². The number of carbonyl (C=O) groups is 1. The Morgan fingerprint density at radius 2 is 2.12 bits per heavy atom. The van der Waals surface area contributed by atoms with Crippen molar-refractivity contribution in [2.24, 2.45) is 5.73 Å². The summed E-state index contributed by atoms with van der Waals surface area (Å²) in [6, 6.07) is 7.26. The van der Waals surface area contributed by atoms with Gasteiger partial charge in [-0.05, 0) is 29.5 Å². The van der Waals surface area contributed by atoms with Crippen LogP contribution >= 0.6 is 0 Å². The highest BCUT2D eigenvalue weighted by molar-refractivity contribution is 5.96. The average Bonchev–Trinajstić information content (AvgIpc) is 2.27. The van der Waals surface area contributed by atoms with E-state index in [1.54, 1.807) is 0 Å². The van der Waals surface area contributed by atoms with Crippen LogP contribution in [0.2, 0.25) is 0 Å². The maximum atomic E-state index is 11.5. The van der Waals surface area contributed by atoms with Crippen LogP contribution < -0.4 is 11.3 Å². The van der Waals surface area contributed by atoms with E-state index in [9.17, 15) is 9.59 Å². The first-order valence-corrected chi connectivity index (χ1v) is 5.07. The molecule has 0 aliphatic rings. The Kier molecular flexibility index (Phi) is 2.48. The molecular formula is C12H12N2O2. The van der Waals surface area contributed by atoms with E-state index >= 15 is 0 Å². The van der Waals surface area contributed by atoms with E-state index in [0.29, 0.717) is 0 Å². The molecular weight excluding hydrogens is 204 g/mol. The zero-order valence-corrected chi connectivity index (χ0v) is 8.91. The molecule has 0 bridgehead atoms. The summed E-state index contributed by atoms with van der Waals surface area (Å²) in [5.74, 6) is -0.706. The molecule has 1 aromatic carbocycles. The first kappa shape index (κ1) is 10.4. The van der Waals surface area contributed by atoms with Crippen molar-refractivity contribution >= 4 is 16.8 Å². The first-order chi connectivity index (χ1) is 7.61. The lowest BCUT2D eigenvalue weighted by Crippen LogP contribution is -2.23. The van der Waals surface area contributed by atoms with Gasteiger partial charge in [0.2, 0.25) is 0 Å². The minimum absolute atomic E-state index is 0.00301. The summed E-state index contributed by atoms with van der Waals surface area (Å²) >= 11 is 0. The molecule has 0 atom stereocenters. The SMILES string of the molecule is CCc1ccc2cc(C(N)=O)c(=O)[nH]c2c1. The number of pyridine rings is 1. The lowest BCUT2D eigenvalue weighted by atomic mass is 10.1.